The molecule has 2 aromatic rings. The van der Waals surface area contributed by atoms with Crippen LogP contribution in [0.3, 0.4) is 0 Å². The average molecular weight is 358 g/mol. The van der Waals surface area contributed by atoms with Crippen molar-refractivity contribution < 1.29 is 42.0 Å². The van der Waals surface area contributed by atoms with E-state index in [1.165, 1.54) is 0 Å². The second kappa shape index (κ2) is 6.98. The van der Waals surface area contributed by atoms with Crippen LogP contribution < -0.4 is 0 Å². The fraction of sp³-hybridized carbons (Fsp3) is 0. The van der Waals surface area contributed by atoms with Crippen molar-refractivity contribution in [2.45, 2.75) is 0 Å². The molecule has 0 nitrogen and oxygen atoms in total. The van der Waals surface area contributed by atoms with Gasteiger partial charge in [0.2, 0.25) is 0 Å². The number of halogens is 6. The Morgan fingerprint density at radius 1 is 0.800 bits per heavy atom. The molecule has 0 heterocycles. The van der Waals surface area contributed by atoms with E-state index in [1.807, 2.05) is 54.6 Å². The molecule has 121 valence electrons. The molecule has 2 aromatic carbocycles. The largest absolute Gasteiger partial charge is 0.748 e. The third-order valence-electron chi connectivity index (χ3n) is 1.38. The van der Waals surface area contributed by atoms with Crippen molar-refractivity contribution in [1.82, 2.24) is 0 Å². The van der Waals surface area contributed by atoms with Crippen molar-refractivity contribution in [3.63, 3.8) is 0 Å². The molecule has 0 aliphatic carbocycles. The van der Waals surface area contributed by atoms with Crippen LogP contribution in [0, 0.1) is 12.3 Å². The van der Waals surface area contributed by atoms with E-state index < -0.39 is 7.81 Å². The van der Waals surface area contributed by atoms with Gasteiger partial charge >= 0.3 is 33.0 Å². The van der Waals surface area contributed by atoms with E-state index in [0.717, 1.165) is 5.56 Å². The van der Waals surface area contributed by atoms with Crippen LogP contribution >= 0.6 is 7.81 Å². The van der Waals surface area contributed by atoms with E-state index in [-0.39, 0.29) is 16.8 Å². The standard InChI is InChI=1S/C7H5.C5H5.Co.F6P/c1-2-7-5-3-4-6-7;1-2-4-5-3-1;;1-7(2,3,4,5)6/h1,3-6H;1-5H;;/q-1;-5;;-1. The maximum absolute atomic E-state index is 10.7. The molecule has 0 bridgehead atoms. The van der Waals surface area contributed by atoms with E-state index in [4.69, 9.17) is 6.42 Å². The van der Waals surface area contributed by atoms with Crippen LogP contribution in [0.25, 0.3) is 0 Å². The molecule has 0 unspecified atom stereocenters. The minimum absolute atomic E-state index is 0. The molecule has 0 saturated carbocycles. The van der Waals surface area contributed by atoms with Crippen molar-refractivity contribution >= 4 is 7.81 Å². The van der Waals surface area contributed by atoms with Gasteiger partial charge in [-0.3, -0.25) is 0 Å². The maximum atomic E-state index is 9.87. The normalized spacial score (nSPS) is 12.8. The van der Waals surface area contributed by atoms with Crippen LogP contribution in [-0.4, -0.2) is 0 Å². The van der Waals surface area contributed by atoms with Gasteiger partial charge in [0.1, 0.15) is 0 Å². The number of hydrogen-bond donors (Lipinski definition) is 0. The van der Waals surface area contributed by atoms with Crippen LogP contribution in [0.2, 0.25) is 0 Å². The molecule has 0 spiro atoms. The Morgan fingerprint density at radius 3 is 1.20 bits per heavy atom. The van der Waals surface area contributed by atoms with Gasteiger partial charge in [-0.15, -0.1) is 12.1 Å². The van der Waals surface area contributed by atoms with Crippen molar-refractivity contribution in [2.75, 3.05) is 0 Å². The predicted molar refractivity (Wildman–Crippen MR) is 65.6 cm³/mol. The smallest absolute Gasteiger partial charge is 0 e. The first-order chi connectivity index (χ1) is 8.38. The summed E-state index contributed by atoms with van der Waals surface area (Å²) in [4.78, 5) is 0. The molecule has 0 N–H and O–H groups in total. The van der Waals surface area contributed by atoms with E-state index in [0.29, 0.717) is 0 Å². The van der Waals surface area contributed by atoms with Crippen molar-refractivity contribution in [3.05, 3.63) is 60.2 Å². The summed E-state index contributed by atoms with van der Waals surface area (Å²) >= 11 is 0. The summed E-state index contributed by atoms with van der Waals surface area (Å²) in [5, 5.41) is 0. The monoisotopic (exact) mass is 358 g/mol. The summed E-state index contributed by atoms with van der Waals surface area (Å²) < 4.78 is 59.2. The topological polar surface area (TPSA) is 0 Å². The van der Waals surface area contributed by atoms with Gasteiger partial charge in [0.25, 0.3) is 0 Å². The zero-order chi connectivity index (χ0) is 15.1. The molecule has 0 saturated heterocycles. The zero-order valence-corrected chi connectivity index (χ0v) is 11.8. The second-order valence-electron chi connectivity index (χ2n) is 3.24. The molecule has 0 amide bonds. The van der Waals surface area contributed by atoms with E-state index in [1.54, 1.807) is 0 Å². The first-order valence-electron chi connectivity index (χ1n) is 4.80. The first kappa shape index (κ1) is 21.1. The summed E-state index contributed by atoms with van der Waals surface area (Å²) in [6.45, 7) is 0. The summed E-state index contributed by atoms with van der Waals surface area (Å²) in [6, 6.07) is 17.7. The third kappa shape index (κ3) is 25.6. The Balaban J connectivity index is 0. The van der Waals surface area contributed by atoms with Gasteiger partial charge in [-0.1, -0.05) is 5.56 Å². The SMILES string of the molecule is C#C[c-]1cccc1.F[P-](F)(F)(F)(F)F.[Co].[cH-]1[cH-][cH-][cH-][cH-]1. The zero-order valence-electron chi connectivity index (χ0n) is 9.82. The third-order valence-corrected chi connectivity index (χ3v) is 1.38. The Labute approximate surface area is 123 Å². The van der Waals surface area contributed by atoms with Gasteiger partial charge in [-0.25, -0.2) is 6.42 Å². The quantitative estimate of drug-likeness (QED) is 0.229. The Hall–Kier alpha value is -1.22. The van der Waals surface area contributed by atoms with Gasteiger partial charge in [0, 0.05) is 16.8 Å². The van der Waals surface area contributed by atoms with E-state index >= 15 is 0 Å². The molecular formula is C12H10CoF6P-7. The number of hydrogen-bond acceptors (Lipinski definition) is 0. The fourth-order valence-corrected chi connectivity index (χ4v) is 0.791. The van der Waals surface area contributed by atoms with Gasteiger partial charge in [-0.2, -0.15) is 18.1 Å². The van der Waals surface area contributed by atoms with Crippen LogP contribution in [-0.2, 0) is 16.8 Å². The molecule has 2 rings (SSSR count). The molecule has 20 heavy (non-hydrogen) atoms. The molecule has 1 radical (unpaired) electrons. The van der Waals surface area contributed by atoms with E-state index in [2.05, 4.69) is 5.92 Å². The van der Waals surface area contributed by atoms with Crippen molar-refractivity contribution in [2.24, 2.45) is 0 Å². The molecule has 0 aromatic heterocycles. The average Bonchev–Trinajstić information content (AvgIpc) is 2.90. The molecule has 0 fully saturated rings. The first-order valence-corrected chi connectivity index (χ1v) is 6.83. The Bertz CT molecular complexity index is 461. The summed E-state index contributed by atoms with van der Waals surface area (Å²) in [5.41, 5.74) is 0.958. The van der Waals surface area contributed by atoms with Crippen LogP contribution in [0.1, 0.15) is 5.56 Å². The molecule has 0 aliphatic heterocycles. The van der Waals surface area contributed by atoms with Gasteiger partial charge < -0.3 is 30.3 Å². The van der Waals surface area contributed by atoms with Crippen molar-refractivity contribution in [1.29, 1.82) is 0 Å². The Morgan fingerprint density at radius 2 is 1.05 bits per heavy atom. The fourth-order valence-electron chi connectivity index (χ4n) is 0.791. The molecule has 8 heteroatoms. The van der Waals surface area contributed by atoms with Crippen LogP contribution in [0.5, 0.6) is 0 Å². The van der Waals surface area contributed by atoms with Crippen LogP contribution in [0.15, 0.2) is 54.6 Å². The predicted octanol–water partition coefficient (Wildman–Crippen LogP) is 6.17. The minimum atomic E-state index is -10.7. The van der Waals surface area contributed by atoms with E-state index in [9.17, 15) is 25.2 Å². The minimum Gasteiger partial charge on any atom is -0.748 e. The maximum Gasteiger partial charge on any atom is 0 e. The van der Waals surface area contributed by atoms with Crippen molar-refractivity contribution in [3.8, 4) is 12.3 Å². The molecular weight excluding hydrogens is 348 g/mol. The summed E-state index contributed by atoms with van der Waals surface area (Å²) in [5.74, 6) is 2.51. The molecule has 0 atom stereocenters. The number of terminal acetylenes is 1. The number of rotatable bonds is 0. The van der Waals surface area contributed by atoms with Gasteiger partial charge in [0.15, 0.2) is 0 Å². The molecule has 0 aliphatic rings. The Kier molecular flexibility index (Phi) is 7.36. The summed E-state index contributed by atoms with van der Waals surface area (Å²) in [6.07, 6.45) is 5.04. The van der Waals surface area contributed by atoms with Crippen LogP contribution in [0.4, 0.5) is 25.2 Å². The van der Waals surface area contributed by atoms with Gasteiger partial charge in [-0.05, 0) is 0 Å². The second-order valence-corrected chi connectivity index (χ2v) is 5.16. The summed E-state index contributed by atoms with van der Waals surface area (Å²) in [7, 11) is -10.7. The van der Waals surface area contributed by atoms with Gasteiger partial charge in [0.05, 0.1) is 0 Å².